The van der Waals surface area contributed by atoms with Crippen molar-refractivity contribution in [3.63, 3.8) is 0 Å². The van der Waals surface area contributed by atoms with Gasteiger partial charge < -0.3 is 9.47 Å². The first-order valence-corrected chi connectivity index (χ1v) is 8.11. The van der Waals surface area contributed by atoms with E-state index in [9.17, 15) is 4.79 Å². The second-order valence-corrected chi connectivity index (χ2v) is 6.82. The van der Waals surface area contributed by atoms with E-state index >= 15 is 0 Å². The Labute approximate surface area is 146 Å². The summed E-state index contributed by atoms with van der Waals surface area (Å²) in [5.74, 6) is 0.862. The zero-order chi connectivity index (χ0) is 17.9. The molecule has 130 valence electrons. The van der Waals surface area contributed by atoms with Gasteiger partial charge in [0.1, 0.15) is 6.61 Å². The minimum absolute atomic E-state index is 0.0133. The molecule has 1 aromatic heterocycles. The van der Waals surface area contributed by atoms with Crippen LogP contribution in [-0.2, 0) is 10.2 Å². The number of hydrogen-bond acceptors (Lipinski definition) is 5. The SMILES string of the molecule is CC(C)(C)c1ccc2c(c1)OC(C(=O)N/N=C\c1ccccn1)CO2. The topological polar surface area (TPSA) is 72.8 Å². The van der Waals surface area contributed by atoms with Crippen LogP contribution in [0.4, 0.5) is 0 Å². The first-order chi connectivity index (χ1) is 11.9. The zero-order valence-corrected chi connectivity index (χ0v) is 14.5. The predicted molar refractivity (Wildman–Crippen MR) is 95.0 cm³/mol. The van der Waals surface area contributed by atoms with Crippen molar-refractivity contribution in [2.75, 3.05) is 6.61 Å². The molecule has 25 heavy (non-hydrogen) atoms. The van der Waals surface area contributed by atoms with Gasteiger partial charge in [0, 0.05) is 6.20 Å². The van der Waals surface area contributed by atoms with Gasteiger partial charge in [0.05, 0.1) is 11.9 Å². The van der Waals surface area contributed by atoms with Crippen molar-refractivity contribution in [2.45, 2.75) is 32.3 Å². The molecule has 0 bridgehead atoms. The Hall–Kier alpha value is -2.89. The van der Waals surface area contributed by atoms with Gasteiger partial charge >= 0.3 is 0 Å². The van der Waals surface area contributed by atoms with Crippen molar-refractivity contribution < 1.29 is 14.3 Å². The van der Waals surface area contributed by atoms with Gasteiger partial charge in [0.15, 0.2) is 11.5 Å². The Bertz CT molecular complexity index is 782. The number of nitrogens with one attached hydrogen (secondary N) is 1. The highest BCUT2D eigenvalue weighted by Gasteiger charge is 2.28. The number of aromatic nitrogens is 1. The Morgan fingerprint density at radius 2 is 2.12 bits per heavy atom. The number of nitrogens with zero attached hydrogens (tertiary/aromatic N) is 2. The molecule has 0 radical (unpaired) electrons. The summed E-state index contributed by atoms with van der Waals surface area (Å²) in [6.07, 6.45) is 2.39. The lowest BCUT2D eigenvalue weighted by Gasteiger charge is -2.27. The minimum atomic E-state index is -0.747. The summed E-state index contributed by atoms with van der Waals surface area (Å²) in [6.45, 7) is 6.51. The smallest absolute Gasteiger partial charge is 0.284 e. The summed E-state index contributed by atoms with van der Waals surface area (Å²) in [5.41, 5.74) is 4.22. The second-order valence-electron chi connectivity index (χ2n) is 6.82. The van der Waals surface area contributed by atoms with Gasteiger partial charge in [-0.2, -0.15) is 5.10 Å². The molecule has 3 rings (SSSR count). The molecule has 1 aromatic carbocycles. The number of carbonyl (C=O) groups excluding carboxylic acids is 1. The van der Waals surface area contributed by atoms with Crippen molar-refractivity contribution >= 4 is 12.1 Å². The summed E-state index contributed by atoms with van der Waals surface area (Å²) < 4.78 is 11.4. The molecule has 6 heteroatoms. The number of hydrogen-bond donors (Lipinski definition) is 1. The first kappa shape index (κ1) is 17.0. The van der Waals surface area contributed by atoms with Crippen LogP contribution in [0.3, 0.4) is 0 Å². The van der Waals surface area contributed by atoms with Gasteiger partial charge in [0.2, 0.25) is 6.10 Å². The average Bonchev–Trinajstić information content (AvgIpc) is 2.61. The summed E-state index contributed by atoms with van der Waals surface area (Å²) in [4.78, 5) is 16.3. The van der Waals surface area contributed by atoms with Crippen LogP contribution in [0.2, 0.25) is 0 Å². The molecular weight excluding hydrogens is 318 g/mol. The van der Waals surface area contributed by atoms with Crippen molar-refractivity contribution in [1.29, 1.82) is 0 Å². The number of hydrazone groups is 1. The molecule has 1 amide bonds. The van der Waals surface area contributed by atoms with E-state index in [0.29, 0.717) is 17.2 Å². The van der Waals surface area contributed by atoms with Gasteiger partial charge in [-0.05, 0) is 35.2 Å². The van der Waals surface area contributed by atoms with Crippen molar-refractivity contribution in [3.8, 4) is 11.5 Å². The van der Waals surface area contributed by atoms with E-state index < -0.39 is 6.10 Å². The van der Waals surface area contributed by atoms with Gasteiger partial charge in [-0.25, -0.2) is 5.43 Å². The van der Waals surface area contributed by atoms with Crippen LogP contribution >= 0.6 is 0 Å². The third-order valence-corrected chi connectivity index (χ3v) is 3.82. The highest BCUT2D eigenvalue weighted by molar-refractivity contribution is 5.84. The molecule has 1 N–H and O–H groups in total. The number of benzene rings is 1. The minimum Gasteiger partial charge on any atom is -0.485 e. The van der Waals surface area contributed by atoms with E-state index in [1.807, 2.05) is 30.3 Å². The molecule has 0 aliphatic carbocycles. The van der Waals surface area contributed by atoms with E-state index in [0.717, 1.165) is 5.56 Å². The fraction of sp³-hybridized carbons (Fsp3) is 0.316. The van der Waals surface area contributed by atoms with Crippen LogP contribution in [0.5, 0.6) is 11.5 Å². The molecular formula is C19H21N3O3. The standard InChI is InChI=1S/C19H21N3O3/c1-19(2,3)13-7-8-15-16(10-13)25-17(12-24-15)18(23)22-21-11-14-6-4-5-9-20-14/h4-11,17H,12H2,1-3H3,(H,22,23)/b21-11-. The molecule has 0 saturated heterocycles. The van der Waals surface area contributed by atoms with E-state index in [2.05, 4.69) is 36.3 Å². The summed E-state index contributed by atoms with van der Waals surface area (Å²) in [5, 5.41) is 3.91. The van der Waals surface area contributed by atoms with E-state index in [-0.39, 0.29) is 17.9 Å². The molecule has 0 saturated carbocycles. The molecule has 6 nitrogen and oxygen atoms in total. The lowest BCUT2D eigenvalue weighted by Crippen LogP contribution is -2.42. The quantitative estimate of drug-likeness (QED) is 0.689. The fourth-order valence-electron chi connectivity index (χ4n) is 2.35. The summed E-state index contributed by atoms with van der Waals surface area (Å²) in [7, 11) is 0. The van der Waals surface area contributed by atoms with Crippen molar-refractivity contribution in [1.82, 2.24) is 10.4 Å². The van der Waals surface area contributed by atoms with Crippen molar-refractivity contribution in [2.24, 2.45) is 5.10 Å². The Kier molecular flexibility index (Phi) is 4.70. The number of carbonyl (C=O) groups is 1. The second kappa shape index (κ2) is 6.93. The maximum atomic E-state index is 12.2. The lowest BCUT2D eigenvalue weighted by atomic mass is 9.87. The number of amides is 1. The van der Waals surface area contributed by atoms with Gasteiger partial charge in [-0.3, -0.25) is 9.78 Å². The summed E-state index contributed by atoms with van der Waals surface area (Å²) in [6, 6.07) is 11.3. The highest BCUT2D eigenvalue weighted by Crippen LogP contribution is 2.36. The third kappa shape index (κ3) is 4.15. The molecule has 2 aromatic rings. The number of ether oxygens (including phenoxy) is 2. The van der Waals surface area contributed by atoms with Crippen LogP contribution in [-0.4, -0.2) is 29.8 Å². The largest absolute Gasteiger partial charge is 0.485 e. The van der Waals surface area contributed by atoms with Gasteiger partial charge in [-0.1, -0.05) is 32.9 Å². The fourth-order valence-corrected chi connectivity index (χ4v) is 2.35. The predicted octanol–water partition coefficient (Wildman–Crippen LogP) is 2.67. The first-order valence-electron chi connectivity index (χ1n) is 8.11. The maximum Gasteiger partial charge on any atom is 0.284 e. The highest BCUT2D eigenvalue weighted by atomic mass is 16.6. The Morgan fingerprint density at radius 3 is 2.84 bits per heavy atom. The molecule has 1 aliphatic rings. The molecule has 1 aliphatic heterocycles. The molecule has 0 fully saturated rings. The van der Waals surface area contributed by atoms with Crippen LogP contribution < -0.4 is 14.9 Å². The molecule has 1 unspecified atom stereocenters. The van der Waals surface area contributed by atoms with Gasteiger partial charge in [-0.15, -0.1) is 0 Å². The zero-order valence-electron chi connectivity index (χ0n) is 14.5. The van der Waals surface area contributed by atoms with E-state index in [1.165, 1.54) is 6.21 Å². The number of fused-ring (bicyclic) bond motifs is 1. The van der Waals surface area contributed by atoms with Crippen LogP contribution in [0.15, 0.2) is 47.7 Å². The number of rotatable bonds is 3. The van der Waals surface area contributed by atoms with Gasteiger partial charge in [0.25, 0.3) is 5.91 Å². The van der Waals surface area contributed by atoms with E-state index in [4.69, 9.17) is 9.47 Å². The van der Waals surface area contributed by atoms with Crippen LogP contribution in [0.25, 0.3) is 0 Å². The van der Waals surface area contributed by atoms with Crippen LogP contribution in [0, 0.1) is 0 Å². The monoisotopic (exact) mass is 339 g/mol. The summed E-state index contributed by atoms with van der Waals surface area (Å²) >= 11 is 0. The third-order valence-electron chi connectivity index (χ3n) is 3.82. The number of pyridine rings is 1. The maximum absolute atomic E-state index is 12.2. The van der Waals surface area contributed by atoms with Crippen molar-refractivity contribution in [3.05, 3.63) is 53.9 Å². The normalized spacial score (nSPS) is 16.7. The molecule has 2 heterocycles. The Morgan fingerprint density at radius 1 is 1.28 bits per heavy atom. The lowest BCUT2D eigenvalue weighted by molar-refractivity contribution is -0.130. The molecule has 1 atom stereocenters. The Balaban J connectivity index is 1.65. The average molecular weight is 339 g/mol. The molecule has 0 spiro atoms. The van der Waals surface area contributed by atoms with E-state index in [1.54, 1.807) is 12.3 Å². The van der Waals surface area contributed by atoms with Crippen LogP contribution in [0.1, 0.15) is 32.0 Å².